The fraction of sp³-hybridized carbons (Fsp3) is 0.105. The third kappa shape index (κ3) is 4.77. The van der Waals surface area contributed by atoms with E-state index in [1.165, 1.54) is 37.7 Å². The first kappa shape index (κ1) is 20.0. The SMILES string of the molecule is COc1ccc([N+](=O)[O-])cc1NC(=O)Cn1cnc(-c2ccc(Cl)cc2)cc1=O. The number of methoxy groups -OCH3 is 1. The minimum absolute atomic E-state index is 0.130. The van der Waals surface area contributed by atoms with Crippen molar-refractivity contribution < 1.29 is 14.5 Å². The molecule has 0 fully saturated rings. The van der Waals surface area contributed by atoms with Gasteiger partial charge >= 0.3 is 0 Å². The third-order valence-corrected chi connectivity index (χ3v) is 4.25. The molecule has 1 amide bonds. The summed E-state index contributed by atoms with van der Waals surface area (Å²) in [6.45, 7) is -0.321. The van der Waals surface area contributed by atoms with E-state index in [1.807, 2.05) is 0 Å². The number of non-ortho nitro benzene ring substituents is 1. The van der Waals surface area contributed by atoms with Crippen LogP contribution >= 0.6 is 11.6 Å². The highest BCUT2D eigenvalue weighted by atomic mass is 35.5. The first-order valence-electron chi connectivity index (χ1n) is 8.32. The molecule has 0 spiro atoms. The lowest BCUT2D eigenvalue weighted by atomic mass is 10.1. The Kier molecular flexibility index (Phi) is 5.89. The average molecular weight is 415 g/mol. The predicted octanol–water partition coefficient (Wildman–Crippen LogP) is 3.12. The van der Waals surface area contributed by atoms with Gasteiger partial charge in [0.25, 0.3) is 11.2 Å². The van der Waals surface area contributed by atoms with E-state index >= 15 is 0 Å². The van der Waals surface area contributed by atoms with Crippen molar-refractivity contribution in [1.29, 1.82) is 0 Å². The Morgan fingerprint density at radius 2 is 1.97 bits per heavy atom. The third-order valence-electron chi connectivity index (χ3n) is 4.00. The van der Waals surface area contributed by atoms with E-state index in [0.29, 0.717) is 16.3 Å². The van der Waals surface area contributed by atoms with Crippen LogP contribution in [-0.4, -0.2) is 27.5 Å². The first-order chi connectivity index (χ1) is 13.9. The van der Waals surface area contributed by atoms with Crippen molar-refractivity contribution in [2.75, 3.05) is 12.4 Å². The van der Waals surface area contributed by atoms with E-state index in [0.717, 1.165) is 4.57 Å². The summed E-state index contributed by atoms with van der Waals surface area (Å²) < 4.78 is 6.22. The van der Waals surface area contributed by atoms with E-state index in [2.05, 4.69) is 10.3 Å². The molecule has 0 aliphatic rings. The highest BCUT2D eigenvalue weighted by Crippen LogP contribution is 2.28. The fourth-order valence-corrected chi connectivity index (χ4v) is 2.70. The lowest BCUT2D eigenvalue weighted by Crippen LogP contribution is -2.27. The zero-order valence-electron chi connectivity index (χ0n) is 15.2. The normalized spacial score (nSPS) is 10.4. The number of benzene rings is 2. The van der Waals surface area contributed by atoms with Crippen LogP contribution in [0.2, 0.25) is 5.02 Å². The molecule has 1 heterocycles. The summed E-state index contributed by atoms with van der Waals surface area (Å²) in [5.41, 5.74) is 0.664. The minimum Gasteiger partial charge on any atom is -0.495 e. The van der Waals surface area contributed by atoms with Crippen LogP contribution in [0, 0.1) is 10.1 Å². The number of halogens is 1. The molecule has 3 aromatic rings. The van der Waals surface area contributed by atoms with Gasteiger partial charge in [-0.05, 0) is 18.2 Å². The maximum absolute atomic E-state index is 12.3. The molecule has 29 heavy (non-hydrogen) atoms. The summed E-state index contributed by atoms with van der Waals surface area (Å²) in [6.07, 6.45) is 1.26. The number of amides is 1. The predicted molar refractivity (Wildman–Crippen MR) is 107 cm³/mol. The molecule has 0 aliphatic carbocycles. The van der Waals surface area contributed by atoms with Gasteiger partial charge in [0.15, 0.2) is 0 Å². The van der Waals surface area contributed by atoms with Crippen molar-refractivity contribution in [3.05, 3.63) is 80.3 Å². The summed E-state index contributed by atoms with van der Waals surface area (Å²) in [7, 11) is 1.38. The summed E-state index contributed by atoms with van der Waals surface area (Å²) >= 11 is 5.85. The molecule has 0 aliphatic heterocycles. The first-order valence-corrected chi connectivity index (χ1v) is 8.70. The second kappa shape index (κ2) is 8.53. The van der Waals surface area contributed by atoms with Crippen LogP contribution in [0.5, 0.6) is 5.75 Å². The number of hydrogen-bond donors (Lipinski definition) is 1. The Balaban J connectivity index is 1.77. The zero-order valence-corrected chi connectivity index (χ0v) is 15.9. The lowest BCUT2D eigenvalue weighted by molar-refractivity contribution is -0.384. The molecule has 148 valence electrons. The molecule has 0 atom stereocenters. The van der Waals surface area contributed by atoms with Gasteiger partial charge in [0.2, 0.25) is 5.91 Å². The molecule has 0 saturated carbocycles. The average Bonchev–Trinajstić information content (AvgIpc) is 2.70. The molecule has 1 N–H and O–H groups in total. The number of ether oxygens (including phenoxy) is 1. The van der Waals surface area contributed by atoms with Gasteiger partial charge < -0.3 is 10.1 Å². The number of nitro benzene ring substituents is 1. The quantitative estimate of drug-likeness (QED) is 0.489. The zero-order chi connectivity index (χ0) is 21.0. The van der Waals surface area contributed by atoms with Crippen LogP contribution < -0.4 is 15.6 Å². The molecule has 3 rings (SSSR count). The van der Waals surface area contributed by atoms with Gasteiger partial charge in [-0.1, -0.05) is 23.7 Å². The minimum atomic E-state index is -0.584. The molecule has 1 aromatic heterocycles. The Labute approximate surface area is 169 Å². The van der Waals surface area contributed by atoms with Crippen molar-refractivity contribution in [3.63, 3.8) is 0 Å². The Hall–Kier alpha value is -3.72. The number of nitro groups is 1. The molecule has 9 nitrogen and oxygen atoms in total. The van der Waals surface area contributed by atoms with Crippen LogP contribution in [0.4, 0.5) is 11.4 Å². The van der Waals surface area contributed by atoms with Crippen LogP contribution in [0.1, 0.15) is 0 Å². The number of anilines is 1. The molecule has 0 saturated heterocycles. The number of nitrogens with one attached hydrogen (secondary N) is 1. The van der Waals surface area contributed by atoms with Gasteiger partial charge in [-0.3, -0.25) is 24.3 Å². The number of rotatable bonds is 6. The summed E-state index contributed by atoms with van der Waals surface area (Å²) in [5, 5.41) is 14.0. The van der Waals surface area contributed by atoms with E-state index < -0.39 is 16.4 Å². The van der Waals surface area contributed by atoms with E-state index in [4.69, 9.17) is 16.3 Å². The molecule has 0 radical (unpaired) electrons. The van der Waals surface area contributed by atoms with E-state index in [9.17, 15) is 19.7 Å². The molecule has 10 heteroatoms. The monoisotopic (exact) mass is 414 g/mol. The van der Waals surface area contributed by atoms with E-state index in [1.54, 1.807) is 24.3 Å². The number of carbonyl (C=O) groups is 1. The van der Waals surface area contributed by atoms with Crippen LogP contribution in [-0.2, 0) is 11.3 Å². The molecular weight excluding hydrogens is 400 g/mol. The summed E-state index contributed by atoms with van der Waals surface area (Å²) in [6, 6.07) is 12.0. The van der Waals surface area contributed by atoms with Gasteiger partial charge in [-0.15, -0.1) is 0 Å². The smallest absolute Gasteiger partial charge is 0.271 e. The van der Waals surface area contributed by atoms with Gasteiger partial charge in [0.05, 0.1) is 29.7 Å². The molecule has 0 unspecified atom stereocenters. The van der Waals surface area contributed by atoms with Gasteiger partial charge in [0.1, 0.15) is 12.3 Å². The topological polar surface area (TPSA) is 116 Å². The largest absolute Gasteiger partial charge is 0.495 e. The highest BCUT2D eigenvalue weighted by Gasteiger charge is 2.14. The van der Waals surface area contributed by atoms with Crippen molar-refractivity contribution in [1.82, 2.24) is 9.55 Å². The molecule has 0 bridgehead atoms. The second-order valence-corrected chi connectivity index (χ2v) is 6.37. The number of carbonyl (C=O) groups excluding carboxylic acids is 1. The van der Waals surface area contributed by atoms with Gasteiger partial charge in [-0.2, -0.15) is 0 Å². The second-order valence-electron chi connectivity index (χ2n) is 5.94. The van der Waals surface area contributed by atoms with Gasteiger partial charge in [0, 0.05) is 28.8 Å². The molecule has 2 aromatic carbocycles. The maximum Gasteiger partial charge on any atom is 0.271 e. The lowest BCUT2D eigenvalue weighted by Gasteiger charge is -2.11. The maximum atomic E-state index is 12.3. The van der Waals surface area contributed by atoms with Crippen molar-refractivity contribution >= 4 is 28.9 Å². The number of nitrogens with zero attached hydrogens (tertiary/aromatic N) is 3. The van der Waals surface area contributed by atoms with Crippen molar-refractivity contribution in [2.24, 2.45) is 0 Å². The summed E-state index contributed by atoms with van der Waals surface area (Å²) in [5.74, 6) is -0.306. The van der Waals surface area contributed by atoms with Crippen LogP contribution in [0.25, 0.3) is 11.3 Å². The Bertz CT molecular complexity index is 1130. The van der Waals surface area contributed by atoms with Crippen molar-refractivity contribution in [2.45, 2.75) is 6.54 Å². The highest BCUT2D eigenvalue weighted by molar-refractivity contribution is 6.30. The standard InChI is InChI=1S/C19H15ClN4O5/c1-29-17-7-6-14(24(27)28)8-16(17)22-18(25)10-23-11-21-15(9-19(23)26)12-2-4-13(20)5-3-12/h2-9,11H,10H2,1H3,(H,22,25). The summed E-state index contributed by atoms with van der Waals surface area (Å²) in [4.78, 5) is 39.2. The Morgan fingerprint density at radius 1 is 1.24 bits per heavy atom. The Morgan fingerprint density at radius 3 is 2.59 bits per heavy atom. The molecular formula is C19H15ClN4O5. The van der Waals surface area contributed by atoms with Crippen molar-refractivity contribution in [3.8, 4) is 17.0 Å². The number of aromatic nitrogens is 2. The van der Waals surface area contributed by atoms with E-state index in [-0.39, 0.29) is 23.7 Å². The fourth-order valence-electron chi connectivity index (χ4n) is 2.57. The van der Waals surface area contributed by atoms with Crippen LogP contribution in [0.15, 0.2) is 59.7 Å². The number of hydrogen-bond acceptors (Lipinski definition) is 6. The van der Waals surface area contributed by atoms with Crippen LogP contribution in [0.3, 0.4) is 0 Å². The van der Waals surface area contributed by atoms with Gasteiger partial charge in [-0.25, -0.2) is 4.98 Å².